The number of benzene rings is 2. The Morgan fingerprint density at radius 3 is 2.55 bits per heavy atom. The van der Waals surface area contributed by atoms with E-state index >= 15 is 0 Å². The fourth-order valence-electron chi connectivity index (χ4n) is 2.11. The van der Waals surface area contributed by atoms with Gasteiger partial charge in [0.05, 0.1) is 5.71 Å². The molecule has 3 N–H and O–H groups in total. The number of nitrogen functional groups attached to an aromatic ring is 1. The molecule has 0 aromatic heterocycles. The van der Waals surface area contributed by atoms with Crippen LogP contribution in [0.15, 0.2) is 62.9 Å². The Kier molecular flexibility index (Phi) is 3.42. The highest BCUT2D eigenvalue weighted by Crippen LogP contribution is 2.24. The van der Waals surface area contributed by atoms with Crippen molar-refractivity contribution in [1.29, 1.82) is 0 Å². The lowest BCUT2D eigenvalue weighted by atomic mass is 10.1. The molecule has 0 bridgehead atoms. The standard InChI is InChI=1S/C15H14N4O2S/c1-10(11-6-8-12(16)9-7-11)17-18-15-13-4-2-3-5-14(13)22(20,21)19-15/h2-9H,16H2,1H3,(H,18,19)/b17-10+. The van der Waals surface area contributed by atoms with Crippen molar-refractivity contribution in [3.05, 3.63) is 59.7 Å². The number of anilines is 1. The molecule has 112 valence electrons. The van der Waals surface area contributed by atoms with E-state index in [1.165, 1.54) is 6.07 Å². The summed E-state index contributed by atoms with van der Waals surface area (Å²) in [6.07, 6.45) is 0. The Morgan fingerprint density at radius 1 is 1.14 bits per heavy atom. The van der Waals surface area contributed by atoms with Crippen LogP contribution < -0.4 is 11.2 Å². The van der Waals surface area contributed by atoms with Crippen LogP contribution in [0, 0.1) is 0 Å². The second-order valence-corrected chi connectivity index (χ2v) is 6.41. The van der Waals surface area contributed by atoms with Gasteiger partial charge in [0, 0.05) is 11.3 Å². The van der Waals surface area contributed by atoms with Crippen LogP contribution in [0.2, 0.25) is 0 Å². The van der Waals surface area contributed by atoms with Gasteiger partial charge in [-0.15, -0.1) is 4.40 Å². The van der Waals surface area contributed by atoms with Gasteiger partial charge in [-0.3, -0.25) is 5.43 Å². The van der Waals surface area contributed by atoms with E-state index in [2.05, 4.69) is 14.9 Å². The fraction of sp³-hybridized carbons (Fsp3) is 0.0667. The van der Waals surface area contributed by atoms with E-state index in [1.54, 1.807) is 30.3 Å². The number of rotatable bonds is 2. The second-order valence-electron chi connectivity index (χ2n) is 4.84. The first kappa shape index (κ1) is 14.3. The van der Waals surface area contributed by atoms with E-state index < -0.39 is 10.0 Å². The van der Waals surface area contributed by atoms with E-state index in [0.717, 1.165) is 5.56 Å². The molecule has 6 nitrogen and oxygen atoms in total. The summed E-state index contributed by atoms with van der Waals surface area (Å²) in [6, 6.07) is 13.9. The fourth-order valence-corrected chi connectivity index (χ4v) is 3.28. The normalized spacial score (nSPS) is 16.0. The van der Waals surface area contributed by atoms with Gasteiger partial charge in [-0.2, -0.15) is 13.5 Å². The third kappa shape index (κ3) is 2.58. The van der Waals surface area contributed by atoms with Crippen LogP contribution in [0.4, 0.5) is 5.69 Å². The van der Waals surface area contributed by atoms with Crippen molar-refractivity contribution in [2.75, 3.05) is 5.73 Å². The topological polar surface area (TPSA) is 96.9 Å². The molecule has 0 spiro atoms. The molecule has 1 aliphatic heterocycles. The predicted octanol–water partition coefficient (Wildman–Crippen LogP) is 1.73. The Bertz CT molecular complexity index is 884. The average Bonchev–Trinajstić information content (AvgIpc) is 2.77. The van der Waals surface area contributed by atoms with Gasteiger partial charge in [-0.25, -0.2) is 0 Å². The zero-order valence-electron chi connectivity index (χ0n) is 11.8. The highest BCUT2D eigenvalue weighted by Gasteiger charge is 2.28. The third-order valence-corrected chi connectivity index (χ3v) is 4.62. The molecule has 2 aromatic carbocycles. The quantitative estimate of drug-likeness (QED) is 0.501. The molecule has 0 fully saturated rings. The monoisotopic (exact) mass is 314 g/mol. The van der Waals surface area contributed by atoms with Gasteiger partial charge < -0.3 is 5.73 Å². The molecule has 1 aliphatic rings. The molecule has 0 amide bonds. The number of nitrogens with one attached hydrogen (secondary N) is 1. The molecule has 7 heteroatoms. The predicted molar refractivity (Wildman–Crippen MR) is 86.4 cm³/mol. The molecule has 2 aromatic rings. The second kappa shape index (κ2) is 5.27. The van der Waals surface area contributed by atoms with Gasteiger partial charge in [0.15, 0.2) is 5.84 Å². The van der Waals surface area contributed by atoms with E-state index in [9.17, 15) is 8.42 Å². The van der Waals surface area contributed by atoms with Gasteiger partial charge >= 0.3 is 0 Å². The number of fused-ring (bicyclic) bond motifs is 1. The van der Waals surface area contributed by atoms with E-state index in [0.29, 0.717) is 17.0 Å². The van der Waals surface area contributed by atoms with Crippen molar-refractivity contribution in [2.45, 2.75) is 11.8 Å². The molecule has 0 radical (unpaired) electrons. The first-order valence-electron chi connectivity index (χ1n) is 6.58. The number of amidine groups is 1. The van der Waals surface area contributed by atoms with Crippen LogP contribution in [-0.4, -0.2) is 20.0 Å². The van der Waals surface area contributed by atoms with Crippen molar-refractivity contribution in [1.82, 2.24) is 5.43 Å². The SMILES string of the molecule is C/C(=N\NC1=NS(=O)(=O)c2ccccc21)c1ccc(N)cc1. The Balaban J connectivity index is 1.88. The maximum atomic E-state index is 11.9. The van der Waals surface area contributed by atoms with Crippen LogP contribution in [0.3, 0.4) is 0 Å². The number of hydrogen-bond donors (Lipinski definition) is 2. The number of hydrazone groups is 1. The maximum absolute atomic E-state index is 11.9. The largest absolute Gasteiger partial charge is 0.399 e. The van der Waals surface area contributed by atoms with Crippen molar-refractivity contribution in [3.63, 3.8) is 0 Å². The van der Waals surface area contributed by atoms with Crippen LogP contribution in [0.25, 0.3) is 0 Å². The molecule has 1 heterocycles. The van der Waals surface area contributed by atoms with Crippen molar-refractivity contribution >= 4 is 27.3 Å². The van der Waals surface area contributed by atoms with Crippen LogP contribution in [-0.2, 0) is 10.0 Å². The summed E-state index contributed by atoms with van der Waals surface area (Å²) in [5.41, 5.74) is 11.2. The maximum Gasteiger partial charge on any atom is 0.285 e. The van der Waals surface area contributed by atoms with E-state index in [1.807, 2.05) is 19.1 Å². The lowest BCUT2D eigenvalue weighted by Crippen LogP contribution is -2.19. The number of hydrogen-bond acceptors (Lipinski definition) is 5. The zero-order valence-corrected chi connectivity index (χ0v) is 12.6. The van der Waals surface area contributed by atoms with Crippen molar-refractivity contribution in [3.8, 4) is 0 Å². The summed E-state index contributed by atoms with van der Waals surface area (Å²) in [6.45, 7) is 1.81. The van der Waals surface area contributed by atoms with Crippen LogP contribution in [0.5, 0.6) is 0 Å². The van der Waals surface area contributed by atoms with Crippen LogP contribution in [0.1, 0.15) is 18.1 Å². The molecule has 0 aliphatic carbocycles. The molecule has 0 unspecified atom stereocenters. The number of nitrogens with zero attached hydrogens (tertiary/aromatic N) is 2. The number of nitrogens with two attached hydrogens (primary N) is 1. The highest BCUT2D eigenvalue weighted by molar-refractivity contribution is 7.90. The van der Waals surface area contributed by atoms with Gasteiger partial charge in [0.1, 0.15) is 4.90 Å². The van der Waals surface area contributed by atoms with Gasteiger partial charge in [0.25, 0.3) is 10.0 Å². The third-order valence-electron chi connectivity index (χ3n) is 3.29. The van der Waals surface area contributed by atoms with Crippen molar-refractivity contribution < 1.29 is 8.42 Å². The minimum absolute atomic E-state index is 0.192. The van der Waals surface area contributed by atoms with E-state index in [-0.39, 0.29) is 10.7 Å². The number of sulfonamides is 1. The molecule has 0 saturated heterocycles. The average molecular weight is 314 g/mol. The van der Waals surface area contributed by atoms with E-state index in [4.69, 9.17) is 5.73 Å². The lowest BCUT2D eigenvalue weighted by Gasteiger charge is -2.04. The summed E-state index contributed by atoms with van der Waals surface area (Å²) < 4.78 is 27.6. The first-order valence-corrected chi connectivity index (χ1v) is 8.02. The van der Waals surface area contributed by atoms with Gasteiger partial charge in [0.2, 0.25) is 0 Å². The Morgan fingerprint density at radius 2 is 1.82 bits per heavy atom. The lowest BCUT2D eigenvalue weighted by molar-refractivity contribution is 0.599. The molecule has 3 rings (SSSR count). The van der Waals surface area contributed by atoms with Crippen LogP contribution >= 0.6 is 0 Å². The first-order chi connectivity index (χ1) is 10.5. The molecular weight excluding hydrogens is 300 g/mol. The smallest absolute Gasteiger partial charge is 0.285 e. The summed E-state index contributed by atoms with van der Waals surface area (Å²) in [7, 11) is -3.63. The summed E-state index contributed by atoms with van der Waals surface area (Å²) in [5.74, 6) is 0.227. The molecule has 22 heavy (non-hydrogen) atoms. The summed E-state index contributed by atoms with van der Waals surface area (Å²) >= 11 is 0. The minimum Gasteiger partial charge on any atom is -0.399 e. The minimum atomic E-state index is -3.63. The van der Waals surface area contributed by atoms with Crippen molar-refractivity contribution in [2.24, 2.45) is 9.50 Å². The van der Waals surface area contributed by atoms with Gasteiger partial charge in [-0.05, 0) is 36.8 Å². The molecule has 0 atom stereocenters. The Labute approximate surface area is 128 Å². The molecular formula is C15H14N4O2S. The Hall–Kier alpha value is -2.67. The zero-order chi connectivity index (χ0) is 15.7. The summed E-state index contributed by atoms with van der Waals surface area (Å²) in [4.78, 5) is 0.192. The summed E-state index contributed by atoms with van der Waals surface area (Å²) in [5, 5.41) is 4.20. The molecule has 0 saturated carbocycles. The highest BCUT2D eigenvalue weighted by atomic mass is 32.2. The van der Waals surface area contributed by atoms with Gasteiger partial charge in [-0.1, -0.05) is 24.3 Å².